The molecule has 4 heteroatoms. The molecule has 4 nitrogen and oxygen atoms in total. The van der Waals surface area contributed by atoms with Gasteiger partial charge in [0.1, 0.15) is 0 Å². The summed E-state index contributed by atoms with van der Waals surface area (Å²) in [5.41, 5.74) is 8.05. The van der Waals surface area contributed by atoms with Crippen LogP contribution in [0, 0.1) is 0 Å². The van der Waals surface area contributed by atoms with Crippen LogP contribution in [-0.2, 0) is 4.74 Å². The highest BCUT2D eigenvalue weighted by Gasteiger charge is 2.23. The molecule has 0 amide bonds. The van der Waals surface area contributed by atoms with Gasteiger partial charge in [-0.25, -0.2) is 4.79 Å². The average Bonchev–Trinajstić information content (AvgIpc) is 2.38. The second-order valence-electron chi connectivity index (χ2n) is 5.22. The molecule has 0 spiro atoms. The van der Waals surface area contributed by atoms with Crippen LogP contribution in [0.1, 0.15) is 44.5 Å². The number of ether oxygens (including phenoxy) is 1. The van der Waals surface area contributed by atoms with Gasteiger partial charge in [-0.05, 0) is 45.4 Å². The zero-order valence-electron chi connectivity index (χ0n) is 12.5. The van der Waals surface area contributed by atoms with Crippen molar-refractivity contribution in [1.29, 1.82) is 0 Å². The van der Waals surface area contributed by atoms with Gasteiger partial charge in [-0.2, -0.15) is 0 Å². The highest BCUT2D eigenvalue weighted by Crippen LogP contribution is 2.30. The average molecular weight is 264 g/mol. The van der Waals surface area contributed by atoms with Crippen molar-refractivity contribution < 1.29 is 9.53 Å². The second-order valence-corrected chi connectivity index (χ2v) is 5.22. The molecule has 0 saturated heterocycles. The fourth-order valence-corrected chi connectivity index (χ4v) is 1.74. The van der Waals surface area contributed by atoms with Gasteiger partial charge >= 0.3 is 5.97 Å². The van der Waals surface area contributed by atoms with Crippen LogP contribution in [-0.4, -0.2) is 25.2 Å². The lowest BCUT2D eigenvalue weighted by Gasteiger charge is -2.37. The molecule has 0 bridgehead atoms. The van der Waals surface area contributed by atoms with E-state index in [9.17, 15) is 4.79 Å². The molecule has 1 aromatic carbocycles. The Morgan fingerprint density at radius 3 is 2.53 bits per heavy atom. The highest BCUT2D eigenvalue weighted by molar-refractivity contribution is 5.92. The molecule has 0 heterocycles. The molecule has 0 atom stereocenters. The number of benzene rings is 1. The van der Waals surface area contributed by atoms with E-state index < -0.39 is 0 Å². The molecule has 1 aromatic rings. The fourth-order valence-electron chi connectivity index (χ4n) is 1.74. The maximum absolute atomic E-state index is 11.8. The van der Waals surface area contributed by atoms with Crippen molar-refractivity contribution in [3.63, 3.8) is 0 Å². The number of nitrogens with zero attached hydrogens (tertiary/aromatic N) is 1. The topological polar surface area (TPSA) is 55.6 Å². The van der Waals surface area contributed by atoms with Gasteiger partial charge in [-0.3, -0.25) is 0 Å². The first-order chi connectivity index (χ1) is 8.83. The largest absolute Gasteiger partial charge is 0.462 e. The van der Waals surface area contributed by atoms with Crippen LogP contribution in [0.5, 0.6) is 0 Å². The van der Waals surface area contributed by atoms with E-state index in [4.69, 9.17) is 10.5 Å². The number of nitrogens with two attached hydrogens (primary N) is 1. The van der Waals surface area contributed by atoms with Crippen LogP contribution in [0.15, 0.2) is 18.2 Å². The normalized spacial score (nSPS) is 11.2. The molecule has 0 saturated carbocycles. The number of hydrogen-bond donors (Lipinski definition) is 1. The van der Waals surface area contributed by atoms with Crippen molar-refractivity contribution in [2.75, 3.05) is 24.3 Å². The molecule has 0 fully saturated rings. The first-order valence-electron chi connectivity index (χ1n) is 6.64. The van der Waals surface area contributed by atoms with Gasteiger partial charge in [-0.15, -0.1) is 0 Å². The Kier molecular flexibility index (Phi) is 4.81. The first kappa shape index (κ1) is 15.3. The Labute approximate surface area is 115 Å². The molecule has 0 aliphatic heterocycles. The molecule has 106 valence electrons. The van der Waals surface area contributed by atoms with Crippen molar-refractivity contribution in [1.82, 2.24) is 0 Å². The predicted molar refractivity (Wildman–Crippen MR) is 79.6 cm³/mol. The van der Waals surface area contributed by atoms with E-state index in [1.165, 1.54) is 0 Å². The van der Waals surface area contributed by atoms with Crippen molar-refractivity contribution in [3.8, 4) is 0 Å². The van der Waals surface area contributed by atoms with E-state index >= 15 is 0 Å². The van der Waals surface area contributed by atoms with Gasteiger partial charge in [0.25, 0.3) is 0 Å². The van der Waals surface area contributed by atoms with E-state index in [1.54, 1.807) is 25.1 Å². The van der Waals surface area contributed by atoms with Crippen molar-refractivity contribution in [2.45, 2.75) is 39.7 Å². The van der Waals surface area contributed by atoms with Crippen LogP contribution in [0.3, 0.4) is 0 Å². The van der Waals surface area contributed by atoms with Crippen molar-refractivity contribution in [3.05, 3.63) is 23.8 Å². The van der Waals surface area contributed by atoms with Crippen molar-refractivity contribution in [2.24, 2.45) is 0 Å². The number of rotatable bonds is 5. The summed E-state index contributed by atoms with van der Waals surface area (Å²) in [4.78, 5) is 13.9. The van der Waals surface area contributed by atoms with Crippen LogP contribution in [0.4, 0.5) is 11.4 Å². The number of carbonyl (C=O) groups excluding carboxylic acids is 1. The summed E-state index contributed by atoms with van der Waals surface area (Å²) < 4.78 is 5.02. The third kappa shape index (κ3) is 3.40. The Balaban J connectivity index is 3.14. The van der Waals surface area contributed by atoms with Gasteiger partial charge in [0.05, 0.1) is 23.5 Å². The zero-order chi connectivity index (χ0) is 14.6. The summed E-state index contributed by atoms with van der Waals surface area (Å²) in [6, 6.07) is 5.25. The number of esters is 1. The van der Waals surface area contributed by atoms with Crippen LogP contribution >= 0.6 is 0 Å². The maximum Gasteiger partial charge on any atom is 0.338 e. The number of anilines is 2. The molecular formula is C15H24N2O2. The number of carbonyl (C=O) groups is 1. The van der Waals surface area contributed by atoms with Gasteiger partial charge < -0.3 is 15.4 Å². The molecule has 0 radical (unpaired) electrons. The lowest BCUT2D eigenvalue weighted by Crippen LogP contribution is -2.41. The van der Waals surface area contributed by atoms with Gasteiger partial charge in [0.2, 0.25) is 0 Å². The maximum atomic E-state index is 11.8. The SMILES string of the molecule is CCOC(=O)c1ccc(N)c(N(C)C(C)(C)CC)c1. The third-order valence-corrected chi connectivity index (χ3v) is 3.68. The minimum Gasteiger partial charge on any atom is -0.462 e. The van der Waals surface area contributed by atoms with Crippen LogP contribution in [0.25, 0.3) is 0 Å². The molecule has 2 N–H and O–H groups in total. The fraction of sp³-hybridized carbons (Fsp3) is 0.533. The van der Waals surface area contributed by atoms with E-state index in [0.29, 0.717) is 17.9 Å². The van der Waals surface area contributed by atoms with E-state index in [1.807, 2.05) is 7.05 Å². The quantitative estimate of drug-likeness (QED) is 0.656. The Bertz CT molecular complexity index is 455. The first-order valence-corrected chi connectivity index (χ1v) is 6.64. The molecular weight excluding hydrogens is 240 g/mol. The van der Waals surface area contributed by atoms with Crippen LogP contribution < -0.4 is 10.6 Å². The summed E-state index contributed by atoms with van der Waals surface area (Å²) in [6.07, 6.45) is 0.979. The van der Waals surface area contributed by atoms with Gasteiger partial charge in [0.15, 0.2) is 0 Å². The van der Waals surface area contributed by atoms with Crippen molar-refractivity contribution >= 4 is 17.3 Å². The number of nitrogen functional groups attached to an aromatic ring is 1. The molecule has 1 rings (SSSR count). The van der Waals surface area contributed by atoms with Gasteiger partial charge in [0, 0.05) is 12.6 Å². The van der Waals surface area contributed by atoms with E-state index in [2.05, 4.69) is 25.7 Å². The third-order valence-electron chi connectivity index (χ3n) is 3.68. The monoisotopic (exact) mass is 264 g/mol. The standard InChI is InChI=1S/C15H24N2O2/c1-6-15(3,4)17(5)13-10-11(8-9-12(13)16)14(18)19-7-2/h8-10H,6-7,16H2,1-5H3. The minimum absolute atomic E-state index is 0.0264. The van der Waals surface area contributed by atoms with Crippen LogP contribution in [0.2, 0.25) is 0 Å². The van der Waals surface area contributed by atoms with Gasteiger partial charge in [-0.1, -0.05) is 6.92 Å². The Hall–Kier alpha value is -1.71. The molecule has 0 aliphatic carbocycles. The molecule has 0 aliphatic rings. The molecule has 19 heavy (non-hydrogen) atoms. The molecule has 0 unspecified atom stereocenters. The number of hydrogen-bond acceptors (Lipinski definition) is 4. The Morgan fingerprint density at radius 1 is 1.37 bits per heavy atom. The summed E-state index contributed by atoms with van der Waals surface area (Å²) in [5, 5.41) is 0. The lowest BCUT2D eigenvalue weighted by atomic mass is 9.98. The van der Waals surface area contributed by atoms with E-state index in [-0.39, 0.29) is 11.5 Å². The highest BCUT2D eigenvalue weighted by atomic mass is 16.5. The Morgan fingerprint density at radius 2 is 2.00 bits per heavy atom. The molecule has 0 aromatic heterocycles. The summed E-state index contributed by atoms with van der Waals surface area (Å²) in [6.45, 7) is 8.58. The second kappa shape index (κ2) is 5.95. The van der Waals surface area contributed by atoms with E-state index in [0.717, 1.165) is 12.1 Å². The smallest absolute Gasteiger partial charge is 0.338 e. The summed E-state index contributed by atoms with van der Waals surface area (Å²) in [5.74, 6) is -0.313. The lowest BCUT2D eigenvalue weighted by molar-refractivity contribution is 0.0526. The predicted octanol–water partition coefficient (Wildman–Crippen LogP) is 3.07. The minimum atomic E-state index is -0.313. The summed E-state index contributed by atoms with van der Waals surface area (Å²) in [7, 11) is 1.99. The summed E-state index contributed by atoms with van der Waals surface area (Å²) >= 11 is 0. The zero-order valence-corrected chi connectivity index (χ0v) is 12.5.